The Balaban J connectivity index is 1.27. The van der Waals surface area contributed by atoms with E-state index in [1.165, 1.54) is 17.5 Å². The molecular formula is C28H36N8O. The van der Waals surface area contributed by atoms with E-state index in [-0.39, 0.29) is 17.5 Å². The SMILES string of the molecule is Cc1ccc(-n2nc(C(C)(C)C)cc2NC(=O)NC2CCC(c3cn(C)c4ncnc(N)c34)CC2)cc1. The van der Waals surface area contributed by atoms with Crippen molar-refractivity contribution < 1.29 is 4.79 Å². The molecule has 1 aliphatic carbocycles. The van der Waals surface area contributed by atoms with E-state index in [2.05, 4.69) is 54.5 Å². The normalized spacial score (nSPS) is 18.2. The lowest BCUT2D eigenvalue weighted by atomic mass is 9.82. The van der Waals surface area contributed by atoms with Crippen LogP contribution in [0.25, 0.3) is 16.7 Å². The Hall–Kier alpha value is -3.88. The number of carbonyl (C=O) groups is 1. The van der Waals surface area contributed by atoms with Gasteiger partial charge in [0.25, 0.3) is 0 Å². The first kappa shape index (κ1) is 24.8. The summed E-state index contributed by atoms with van der Waals surface area (Å²) >= 11 is 0. The lowest BCUT2D eigenvalue weighted by Crippen LogP contribution is -2.40. The number of aromatic nitrogens is 5. The molecule has 1 fully saturated rings. The first-order chi connectivity index (χ1) is 17.6. The fraction of sp³-hybridized carbons (Fsp3) is 0.429. The number of nitrogens with one attached hydrogen (secondary N) is 2. The van der Waals surface area contributed by atoms with Crippen LogP contribution in [0.3, 0.4) is 0 Å². The Kier molecular flexibility index (Phi) is 6.39. The fourth-order valence-electron chi connectivity index (χ4n) is 5.18. The van der Waals surface area contributed by atoms with Crippen molar-refractivity contribution in [1.29, 1.82) is 0 Å². The molecule has 0 bridgehead atoms. The lowest BCUT2D eigenvalue weighted by molar-refractivity contribution is 0.242. The Labute approximate surface area is 217 Å². The summed E-state index contributed by atoms with van der Waals surface area (Å²) in [4.78, 5) is 21.7. The molecule has 0 radical (unpaired) electrons. The van der Waals surface area contributed by atoms with Crippen molar-refractivity contribution in [2.24, 2.45) is 7.05 Å². The van der Waals surface area contributed by atoms with Crippen LogP contribution in [0.4, 0.5) is 16.4 Å². The molecule has 3 aromatic heterocycles. The van der Waals surface area contributed by atoms with Gasteiger partial charge in [-0.3, -0.25) is 5.32 Å². The summed E-state index contributed by atoms with van der Waals surface area (Å²) in [6.07, 6.45) is 7.36. The van der Waals surface area contributed by atoms with Gasteiger partial charge in [0.05, 0.1) is 16.8 Å². The number of nitrogen functional groups attached to an aromatic ring is 1. The fourth-order valence-corrected chi connectivity index (χ4v) is 5.18. The van der Waals surface area contributed by atoms with Gasteiger partial charge in [-0.1, -0.05) is 38.5 Å². The van der Waals surface area contributed by atoms with E-state index in [9.17, 15) is 4.79 Å². The number of rotatable bonds is 4. The molecule has 1 aromatic carbocycles. The van der Waals surface area contributed by atoms with Gasteiger partial charge in [0.15, 0.2) is 0 Å². The van der Waals surface area contributed by atoms with Gasteiger partial charge < -0.3 is 15.6 Å². The van der Waals surface area contributed by atoms with Gasteiger partial charge in [-0.25, -0.2) is 19.4 Å². The number of aryl methyl sites for hydroxylation is 2. The summed E-state index contributed by atoms with van der Waals surface area (Å²) in [6, 6.07) is 9.99. The van der Waals surface area contributed by atoms with Gasteiger partial charge >= 0.3 is 6.03 Å². The monoisotopic (exact) mass is 500 g/mol. The lowest BCUT2D eigenvalue weighted by Gasteiger charge is -2.29. The Morgan fingerprint density at radius 1 is 1.08 bits per heavy atom. The zero-order valence-electron chi connectivity index (χ0n) is 22.2. The molecule has 4 N–H and O–H groups in total. The highest BCUT2D eigenvalue weighted by Crippen LogP contribution is 2.38. The number of carbonyl (C=O) groups excluding carboxylic acids is 1. The predicted octanol–water partition coefficient (Wildman–Crippen LogP) is 5.19. The van der Waals surface area contributed by atoms with Crippen LogP contribution in [-0.4, -0.2) is 36.4 Å². The number of anilines is 2. The second kappa shape index (κ2) is 9.53. The molecule has 9 nitrogen and oxygen atoms in total. The third kappa shape index (κ3) is 5.03. The van der Waals surface area contributed by atoms with Gasteiger partial charge in [-0.2, -0.15) is 5.10 Å². The molecular weight excluding hydrogens is 464 g/mol. The number of amides is 2. The molecule has 1 aliphatic rings. The zero-order valence-corrected chi connectivity index (χ0v) is 22.2. The van der Waals surface area contributed by atoms with Gasteiger partial charge in [0, 0.05) is 30.8 Å². The number of nitrogens with two attached hydrogens (primary N) is 1. The molecule has 37 heavy (non-hydrogen) atoms. The summed E-state index contributed by atoms with van der Waals surface area (Å²) in [7, 11) is 1.99. The van der Waals surface area contributed by atoms with E-state index in [0.717, 1.165) is 48.1 Å². The Morgan fingerprint density at radius 3 is 2.46 bits per heavy atom. The van der Waals surface area contributed by atoms with Crippen LogP contribution < -0.4 is 16.4 Å². The molecule has 9 heteroatoms. The van der Waals surface area contributed by atoms with E-state index >= 15 is 0 Å². The topological polar surface area (TPSA) is 116 Å². The Morgan fingerprint density at radius 2 is 1.78 bits per heavy atom. The molecule has 0 aliphatic heterocycles. The number of hydrogen-bond acceptors (Lipinski definition) is 5. The van der Waals surface area contributed by atoms with Crippen LogP contribution in [0.1, 0.15) is 69.2 Å². The van der Waals surface area contributed by atoms with Gasteiger partial charge in [-0.05, 0) is 56.2 Å². The summed E-state index contributed by atoms with van der Waals surface area (Å²) in [5.74, 6) is 1.56. The second-order valence-corrected chi connectivity index (χ2v) is 11.2. The number of fused-ring (bicyclic) bond motifs is 1. The van der Waals surface area contributed by atoms with Crippen molar-refractivity contribution in [3.63, 3.8) is 0 Å². The molecule has 2 amide bonds. The first-order valence-corrected chi connectivity index (χ1v) is 12.9. The molecule has 194 valence electrons. The third-order valence-electron chi connectivity index (χ3n) is 7.31. The van der Waals surface area contributed by atoms with Crippen molar-refractivity contribution in [2.45, 2.75) is 70.8 Å². The van der Waals surface area contributed by atoms with Crippen molar-refractivity contribution >= 4 is 28.7 Å². The number of benzene rings is 1. The summed E-state index contributed by atoms with van der Waals surface area (Å²) in [5, 5.41) is 12.0. The van der Waals surface area contributed by atoms with Gasteiger partial charge in [0.2, 0.25) is 0 Å². The third-order valence-corrected chi connectivity index (χ3v) is 7.31. The minimum absolute atomic E-state index is 0.109. The molecule has 5 rings (SSSR count). The largest absolute Gasteiger partial charge is 0.383 e. The van der Waals surface area contributed by atoms with E-state index in [1.807, 2.05) is 46.6 Å². The molecule has 0 saturated heterocycles. The van der Waals surface area contributed by atoms with E-state index in [4.69, 9.17) is 10.8 Å². The quantitative estimate of drug-likeness (QED) is 0.357. The Bertz CT molecular complexity index is 1420. The van der Waals surface area contributed by atoms with Crippen molar-refractivity contribution in [1.82, 2.24) is 29.6 Å². The first-order valence-electron chi connectivity index (χ1n) is 12.9. The zero-order chi connectivity index (χ0) is 26.3. The minimum Gasteiger partial charge on any atom is -0.383 e. The van der Waals surface area contributed by atoms with Gasteiger partial charge in [-0.15, -0.1) is 0 Å². The van der Waals surface area contributed by atoms with Gasteiger partial charge in [0.1, 0.15) is 23.6 Å². The molecule has 4 aromatic rings. The molecule has 0 unspecified atom stereocenters. The van der Waals surface area contributed by atoms with E-state index in [0.29, 0.717) is 17.6 Å². The van der Waals surface area contributed by atoms with Crippen LogP contribution in [0.2, 0.25) is 0 Å². The van der Waals surface area contributed by atoms with Crippen LogP contribution in [0.5, 0.6) is 0 Å². The predicted molar refractivity (Wildman–Crippen MR) is 147 cm³/mol. The summed E-state index contributed by atoms with van der Waals surface area (Å²) in [6.45, 7) is 8.41. The summed E-state index contributed by atoms with van der Waals surface area (Å²) in [5.41, 5.74) is 11.1. The highest BCUT2D eigenvalue weighted by atomic mass is 16.2. The maximum atomic E-state index is 13.1. The number of hydrogen-bond donors (Lipinski definition) is 3. The maximum Gasteiger partial charge on any atom is 0.320 e. The average molecular weight is 501 g/mol. The molecule has 1 saturated carbocycles. The van der Waals surface area contributed by atoms with Crippen LogP contribution in [0, 0.1) is 6.92 Å². The van der Waals surface area contributed by atoms with Crippen LogP contribution in [-0.2, 0) is 12.5 Å². The number of urea groups is 1. The second-order valence-electron chi connectivity index (χ2n) is 11.2. The minimum atomic E-state index is -0.208. The highest BCUT2D eigenvalue weighted by Gasteiger charge is 2.28. The van der Waals surface area contributed by atoms with Crippen LogP contribution >= 0.6 is 0 Å². The standard InChI is InChI=1S/C28H36N8O/c1-17-6-12-20(13-7-17)36-23(14-22(34-36)28(2,3)4)33-27(37)32-19-10-8-18(9-11-19)21-15-35(5)26-24(21)25(29)30-16-31-26/h6-7,12-16,18-19H,8-11H2,1-5H3,(H2,29,30,31)(H2,32,33,37). The smallest absolute Gasteiger partial charge is 0.320 e. The molecule has 0 atom stereocenters. The molecule has 0 spiro atoms. The maximum absolute atomic E-state index is 13.1. The van der Waals surface area contributed by atoms with Crippen LogP contribution in [0.15, 0.2) is 42.9 Å². The van der Waals surface area contributed by atoms with E-state index in [1.54, 1.807) is 0 Å². The average Bonchev–Trinajstić information content (AvgIpc) is 3.42. The summed E-state index contributed by atoms with van der Waals surface area (Å²) < 4.78 is 3.83. The van der Waals surface area contributed by atoms with E-state index < -0.39 is 0 Å². The van der Waals surface area contributed by atoms with Crippen molar-refractivity contribution in [3.8, 4) is 5.69 Å². The van der Waals surface area contributed by atoms with Crippen molar-refractivity contribution in [2.75, 3.05) is 11.1 Å². The molecule has 3 heterocycles. The van der Waals surface area contributed by atoms with Crippen molar-refractivity contribution in [3.05, 3.63) is 59.7 Å². The number of nitrogens with zero attached hydrogens (tertiary/aromatic N) is 5. The highest BCUT2D eigenvalue weighted by molar-refractivity contribution is 5.90.